The number of amides is 1. The van der Waals surface area contributed by atoms with E-state index < -0.39 is 0 Å². The molecule has 0 radical (unpaired) electrons. The van der Waals surface area contributed by atoms with Crippen molar-refractivity contribution in [2.45, 2.75) is 18.9 Å². The van der Waals surface area contributed by atoms with Crippen LogP contribution in [-0.2, 0) is 4.79 Å². The Morgan fingerprint density at radius 2 is 2.33 bits per heavy atom. The number of nitrogens with zero attached hydrogens (tertiary/aromatic N) is 2. The molecule has 1 atom stereocenters. The summed E-state index contributed by atoms with van der Waals surface area (Å²) in [6.45, 7) is 2.36. The standard InChI is InChI=1S/C15H20N4OS/c1-16-11-5-4-8-19(9-11)10-14(20)18-15-17-12-6-2-3-7-13(12)21-15/h2-3,6-7,11,16H,4-5,8-10H2,1H3,(H,17,18,20). The number of thiazole rings is 1. The van der Waals surface area contributed by atoms with Crippen LogP contribution in [0.25, 0.3) is 10.2 Å². The molecule has 1 aromatic carbocycles. The van der Waals surface area contributed by atoms with Crippen molar-refractivity contribution in [2.75, 3.05) is 32.0 Å². The molecule has 2 N–H and O–H groups in total. The SMILES string of the molecule is CNC1CCCN(CC(=O)Nc2nc3ccccc3s2)C1. The highest BCUT2D eigenvalue weighted by Crippen LogP contribution is 2.25. The molecule has 0 bridgehead atoms. The summed E-state index contributed by atoms with van der Waals surface area (Å²) < 4.78 is 1.10. The summed E-state index contributed by atoms with van der Waals surface area (Å²) in [6.07, 6.45) is 2.33. The summed E-state index contributed by atoms with van der Waals surface area (Å²) in [4.78, 5) is 18.8. The van der Waals surface area contributed by atoms with E-state index in [9.17, 15) is 4.79 Å². The number of hydrogen-bond donors (Lipinski definition) is 2. The minimum atomic E-state index is 0.0193. The van der Waals surface area contributed by atoms with Gasteiger partial charge in [0, 0.05) is 12.6 Å². The largest absolute Gasteiger partial charge is 0.316 e. The predicted molar refractivity (Wildman–Crippen MR) is 86.8 cm³/mol. The van der Waals surface area contributed by atoms with Gasteiger partial charge in [0.1, 0.15) is 0 Å². The van der Waals surface area contributed by atoms with E-state index in [-0.39, 0.29) is 5.91 Å². The summed E-state index contributed by atoms with van der Waals surface area (Å²) in [5.41, 5.74) is 0.936. The summed E-state index contributed by atoms with van der Waals surface area (Å²) in [7, 11) is 1.98. The lowest BCUT2D eigenvalue weighted by molar-refractivity contribution is -0.117. The monoisotopic (exact) mass is 304 g/mol. The van der Waals surface area contributed by atoms with Gasteiger partial charge >= 0.3 is 0 Å². The van der Waals surface area contributed by atoms with E-state index in [1.54, 1.807) is 0 Å². The maximum atomic E-state index is 12.1. The molecule has 1 unspecified atom stereocenters. The highest BCUT2D eigenvalue weighted by atomic mass is 32.1. The Hall–Kier alpha value is -1.50. The van der Waals surface area contributed by atoms with Crippen molar-refractivity contribution in [1.82, 2.24) is 15.2 Å². The zero-order chi connectivity index (χ0) is 14.7. The lowest BCUT2D eigenvalue weighted by Crippen LogP contribution is -2.46. The fourth-order valence-electron chi connectivity index (χ4n) is 2.72. The zero-order valence-electron chi connectivity index (χ0n) is 12.1. The van der Waals surface area contributed by atoms with Crippen molar-refractivity contribution in [2.24, 2.45) is 0 Å². The number of rotatable bonds is 4. The average Bonchev–Trinajstić information content (AvgIpc) is 2.89. The highest BCUT2D eigenvalue weighted by Gasteiger charge is 2.20. The molecule has 1 amide bonds. The van der Waals surface area contributed by atoms with Gasteiger partial charge in [-0.05, 0) is 38.6 Å². The van der Waals surface area contributed by atoms with Gasteiger partial charge in [-0.1, -0.05) is 23.5 Å². The maximum absolute atomic E-state index is 12.1. The highest BCUT2D eigenvalue weighted by molar-refractivity contribution is 7.22. The molecule has 0 spiro atoms. The quantitative estimate of drug-likeness (QED) is 0.906. The van der Waals surface area contributed by atoms with Gasteiger partial charge in [-0.3, -0.25) is 9.69 Å². The molecule has 2 aromatic rings. The Labute approximate surface area is 128 Å². The van der Waals surface area contributed by atoms with Gasteiger partial charge in [0.15, 0.2) is 5.13 Å². The minimum absolute atomic E-state index is 0.0193. The molecule has 1 fully saturated rings. The number of para-hydroxylation sites is 1. The number of fused-ring (bicyclic) bond motifs is 1. The molecule has 1 saturated heterocycles. The minimum Gasteiger partial charge on any atom is -0.316 e. The van der Waals surface area contributed by atoms with Crippen molar-refractivity contribution in [3.8, 4) is 0 Å². The molecule has 1 aliphatic rings. The summed E-state index contributed by atoms with van der Waals surface area (Å²) >= 11 is 1.52. The van der Waals surface area contributed by atoms with Crippen LogP contribution in [0.4, 0.5) is 5.13 Å². The first-order chi connectivity index (χ1) is 10.2. The van der Waals surface area contributed by atoms with Crippen LogP contribution < -0.4 is 10.6 Å². The van der Waals surface area contributed by atoms with Gasteiger partial charge in [0.25, 0.3) is 0 Å². The van der Waals surface area contributed by atoms with E-state index >= 15 is 0 Å². The smallest absolute Gasteiger partial charge is 0.240 e. The van der Waals surface area contributed by atoms with E-state index in [0.29, 0.717) is 17.7 Å². The van der Waals surface area contributed by atoms with Gasteiger partial charge in [0.2, 0.25) is 5.91 Å². The maximum Gasteiger partial charge on any atom is 0.240 e. The molecule has 112 valence electrons. The van der Waals surface area contributed by atoms with Crippen molar-refractivity contribution < 1.29 is 4.79 Å². The number of carbonyl (C=O) groups is 1. The average molecular weight is 304 g/mol. The lowest BCUT2D eigenvalue weighted by atomic mass is 10.1. The van der Waals surface area contributed by atoms with Crippen molar-refractivity contribution in [1.29, 1.82) is 0 Å². The molecule has 2 heterocycles. The molecule has 0 aliphatic carbocycles. The normalized spacial score (nSPS) is 19.8. The second-order valence-corrected chi connectivity index (χ2v) is 6.43. The zero-order valence-corrected chi connectivity index (χ0v) is 12.9. The third-order valence-corrected chi connectivity index (χ3v) is 4.77. The van der Waals surface area contributed by atoms with Crippen LogP contribution in [0, 0.1) is 0 Å². The number of anilines is 1. The van der Waals surface area contributed by atoms with Gasteiger partial charge < -0.3 is 10.6 Å². The van der Waals surface area contributed by atoms with Crippen molar-refractivity contribution >= 4 is 32.6 Å². The van der Waals surface area contributed by atoms with Crippen LogP contribution >= 0.6 is 11.3 Å². The number of carbonyl (C=O) groups excluding carboxylic acids is 1. The first kappa shape index (κ1) is 14.4. The fraction of sp³-hybridized carbons (Fsp3) is 0.467. The van der Waals surface area contributed by atoms with Crippen LogP contribution in [0.3, 0.4) is 0 Å². The van der Waals surface area contributed by atoms with Gasteiger partial charge in [-0.2, -0.15) is 0 Å². The first-order valence-corrected chi connectivity index (χ1v) is 8.11. The number of likely N-dealkylation sites (N-methyl/N-ethyl adjacent to an activating group) is 1. The van der Waals surface area contributed by atoms with Crippen molar-refractivity contribution in [3.05, 3.63) is 24.3 Å². The number of nitrogens with one attached hydrogen (secondary N) is 2. The van der Waals surface area contributed by atoms with Gasteiger partial charge in [-0.15, -0.1) is 0 Å². The molecular weight excluding hydrogens is 284 g/mol. The molecule has 21 heavy (non-hydrogen) atoms. The molecule has 6 heteroatoms. The number of aromatic nitrogens is 1. The van der Waals surface area contributed by atoms with E-state index in [4.69, 9.17) is 0 Å². The number of likely N-dealkylation sites (tertiary alicyclic amines) is 1. The molecular formula is C15H20N4OS. The van der Waals surface area contributed by atoms with Crippen LogP contribution in [0.2, 0.25) is 0 Å². The first-order valence-electron chi connectivity index (χ1n) is 7.29. The summed E-state index contributed by atoms with van der Waals surface area (Å²) in [5.74, 6) is 0.0193. The van der Waals surface area contributed by atoms with Crippen LogP contribution in [0.15, 0.2) is 24.3 Å². The summed E-state index contributed by atoms with van der Waals surface area (Å²) in [6, 6.07) is 8.42. The third kappa shape index (κ3) is 3.58. The predicted octanol–water partition coefficient (Wildman–Crippen LogP) is 1.92. The van der Waals surface area contributed by atoms with E-state index in [0.717, 1.165) is 29.7 Å². The van der Waals surface area contributed by atoms with E-state index in [1.165, 1.54) is 17.8 Å². The Morgan fingerprint density at radius 1 is 1.48 bits per heavy atom. The summed E-state index contributed by atoms with van der Waals surface area (Å²) in [5, 5.41) is 6.89. The van der Waals surface area contributed by atoms with Crippen molar-refractivity contribution in [3.63, 3.8) is 0 Å². The second-order valence-electron chi connectivity index (χ2n) is 5.40. The van der Waals surface area contributed by atoms with Crippen LogP contribution in [-0.4, -0.2) is 48.5 Å². The van der Waals surface area contributed by atoms with Gasteiger partial charge in [-0.25, -0.2) is 4.98 Å². The lowest BCUT2D eigenvalue weighted by Gasteiger charge is -2.31. The van der Waals surface area contributed by atoms with Crippen LogP contribution in [0.1, 0.15) is 12.8 Å². The second kappa shape index (κ2) is 6.51. The topological polar surface area (TPSA) is 57.3 Å². The Bertz CT molecular complexity index is 594. The third-order valence-electron chi connectivity index (χ3n) is 3.82. The fourth-order valence-corrected chi connectivity index (χ4v) is 3.60. The van der Waals surface area contributed by atoms with E-state index in [2.05, 4.69) is 20.5 Å². The van der Waals surface area contributed by atoms with Gasteiger partial charge in [0.05, 0.1) is 16.8 Å². The molecule has 0 saturated carbocycles. The Balaban J connectivity index is 1.58. The molecule has 5 nitrogen and oxygen atoms in total. The van der Waals surface area contributed by atoms with Crippen LogP contribution in [0.5, 0.6) is 0 Å². The Morgan fingerprint density at radius 3 is 3.14 bits per heavy atom. The number of hydrogen-bond acceptors (Lipinski definition) is 5. The molecule has 3 rings (SSSR count). The number of piperidine rings is 1. The van der Waals surface area contributed by atoms with E-state index in [1.807, 2.05) is 31.3 Å². The molecule has 1 aliphatic heterocycles. The Kier molecular flexibility index (Phi) is 4.48. The molecule has 1 aromatic heterocycles. The number of benzene rings is 1.